The fourth-order valence-electron chi connectivity index (χ4n) is 1.14. The zero-order valence-electron chi connectivity index (χ0n) is 8.03. The number of nitrogens with one attached hydrogen (secondary N) is 3. The van der Waals surface area contributed by atoms with Crippen molar-refractivity contribution in [2.24, 2.45) is 10.8 Å². The summed E-state index contributed by atoms with van der Waals surface area (Å²) in [6.45, 7) is 1.75. The molecule has 82 valence electrons. The Bertz CT molecular complexity index is 342. The molecule has 1 saturated heterocycles. The van der Waals surface area contributed by atoms with Crippen LogP contribution in [0, 0.1) is 0 Å². The third kappa shape index (κ3) is 2.40. The fourth-order valence-corrected chi connectivity index (χ4v) is 1.20. The monoisotopic (exact) mass is 229 g/mol. The van der Waals surface area contributed by atoms with E-state index in [0.717, 1.165) is 0 Å². The smallest absolute Gasteiger partial charge is 0.322 e. The summed E-state index contributed by atoms with van der Waals surface area (Å²) in [5, 5.41) is 8.24. The van der Waals surface area contributed by atoms with Gasteiger partial charge in [-0.05, 0) is 18.6 Å². The number of thiocarbonyl (C=S) groups is 1. The van der Waals surface area contributed by atoms with Crippen molar-refractivity contribution in [1.82, 2.24) is 16.1 Å². The number of nitrogens with two attached hydrogens (primary N) is 1. The molecule has 1 heterocycles. The van der Waals surface area contributed by atoms with E-state index in [1.807, 2.05) is 0 Å². The van der Waals surface area contributed by atoms with Crippen molar-refractivity contribution in [3.8, 4) is 0 Å². The van der Waals surface area contributed by atoms with E-state index in [9.17, 15) is 9.59 Å². The lowest BCUT2D eigenvalue weighted by molar-refractivity contribution is -0.121. The number of carbonyl (C=O) groups is 2. The molecule has 0 spiro atoms. The van der Waals surface area contributed by atoms with E-state index in [2.05, 4.69) is 33.4 Å². The molecule has 7 nitrogen and oxygen atoms in total. The summed E-state index contributed by atoms with van der Waals surface area (Å²) in [4.78, 5) is 22.4. The normalized spacial score (nSPS) is 25.1. The first-order chi connectivity index (χ1) is 7.00. The summed E-state index contributed by atoms with van der Waals surface area (Å²) in [6.07, 6.45) is 1.65. The summed E-state index contributed by atoms with van der Waals surface area (Å²) in [6, 6.07) is -0.538. The van der Waals surface area contributed by atoms with Crippen LogP contribution in [-0.2, 0) is 4.79 Å². The Hall–Kier alpha value is -1.70. The third-order valence-corrected chi connectivity index (χ3v) is 2.08. The summed E-state index contributed by atoms with van der Waals surface area (Å²) < 4.78 is 0. The Balaban J connectivity index is 2.77. The first-order valence-corrected chi connectivity index (χ1v) is 4.64. The topological polar surface area (TPSA) is 109 Å². The van der Waals surface area contributed by atoms with Crippen LogP contribution in [0.2, 0.25) is 0 Å². The molecule has 0 unspecified atom stereocenters. The summed E-state index contributed by atoms with van der Waals surface area (Å²) >= 11 is 4.53. The highest BCUT2D eigenvalue weighted by molar-refractivity contribution is 7.80. The van der Waals surface area contributed by atoms with E-state index < -0.39 is 17.5 Å². The molecule has 0 bridgehead atoms. The Labute approximate surface area is 91.5 Å². The van der Waals surface area contributed by atoms with Gasteiger partial charge in [0, 0.05) is 0 Å². The number of rotatable bonds is 3. The van der Waals surface area contributed by atoms with E-state index in [0.29, 0.717) is 6.42 Å². The molecule has 0 radical (unpaired) electrons. The van der Waals surface area contributed by atoms with Gasteiger partial charge >= 0.3 is 6.03 Å². The molecular weight excluding hydrogens is 218 g/mol. The number of amides is 3. The van der Waals surface area contributed by atoms with Crippen molar-refractivity contribution in [2.75, 3.05) is 0 Å². The molecule has 1 rings (SSSR count). The lowest BCUT2D eigenvalue weighted by Crippen LogP contribution is -2.48. The van der Waals surface area contributed by atoms with Crippen molar-refractivity contribution in [3.05, 3.63) is 0 Å². The summed E-state index contributed by atoms with van der Waals surface area (Å²) in [5.74, 6) is -0.441. The van der Waals surface area contributed by atoms with E-state index in [1.165, 1.54) is 6.21 Å². The molecule has 0 aromatic carbocycles. The highest BCUT2D eigenvalue weighted by Gasteiger charge is 2.43. The van der Waals surface area contributed by atoms with Crippen LogP contribution in [0.4, 0.5) is 4.79 Å². The average molecular weight is 229 g/mol. The quantitative estimate of drug-likeness (QED) is 0.210. The maximum atomic E-state index is 11.4. The van der Waals surface area contributed by atoms with Gasteiger partial charge in [0.1, 0.15) is 0 Å². The van der Waals surface area contributed by atoms with Crippen molar-refractivity contribution >= 4 is 35.5 Å². The van der Waals surface area contributed by atoms with E-state index in [-0.39, 0.29) is 5.11 Å². The van der Waals surface area contributed by atoms with Crippen molar-refractivity contribution in [2.45, 2.75) is 18.9 Å². The van der Waals surface area contributed by atoms with Gasteiger partial charge in [0.05, 0.1) is 6.21 Å². The maximum absolute atomic E-state index is 11.4. The van der Waals surface area contributed by atoms with Gasteiger partial charge in [-0.1, -0.05) is 6.92 Å². The molecule has 0 aromatic rings. The van der Waals surface area contributed by atoms with Crippen LogP contribution in [0.25, 0.3) is 0 Å². The van der Waals surface area contributed by atoms with Crippen LogP contribution < -0.4 is 21.8 Å². The van der Waals surface area contributed by atoms with Crippen LogP contribution in [0.3, 0.4) is 0 Å². The second-order valence-electron chi connectivity index (χ2n) is 2.97. The minimum absolute atomic E-state index is 0.0118. The number of hydrazone groups is 1. The van der Waals surface area contributed by atoms with E-state index in [1.54, 1.807) is 6.92 Å². The van der Waals surface area contributed by atoms with Gasteiger partial charge in [0.2, 0.25) is 0 Å². The summed E-state index contributed by atoms with van der Waals surface area (Å²) in [7, 11) is 0. The van der Waals surface area contributed by atoms with Gasteiger partial charge in [-0.2, -0.15) is 5.10 Å². The van der Waals surface area contributed by atoms with Crippen LogP contribution in [0.15, 0.2) is 5.10 Å². The average Bonchev–Trinajstić information content (AvgIpc) is 2.41. The van der Waals surface area contributed by atoms with Gasteiger partial charge in [0.25, 0.3) is 5.91 Å². The lowest BCUT2D eigenvalue weighted by atomic mass is 9.99. The van der Waals surface area contributed by atoms with Crippen LogP contribution in [-0.4, -0.2) is 28.8 Å². The molecule has 8 heteroatoms. The Morgan fingerprint density at radius 1 is 1.73 bits per heavy atom. The number of carbonyl (C=O) groups excluding carboxylic acids is 2. The molecule has 1 atom stereocenters. The van der Waals surface area contributed by atoms with Crippen molar-refractivity contribution in [3.63, 3.8) is 0 Å². The Morgan fingerprint density at radius 2 is 2.40 bits per heavy atom. The predicted molar refractivity (Wildman–Crippen MR) is 58.1 cm³/mol. The van der Waals surface area contributed by atoms with Gasteiger partial charge in [-0.15, -0.1) is 0 Å². The van der Waals surface area contributed by atoms with E-state index >= 15 is 0 Å². The van der Waals surface area contributed by atoms with E-state index in [4.69, 9.17) is 5.73 Å². The molecule has 15 heavy (non-hydrogen) atoms. The summed E-state index contributed by atoms with van der Waals surface area (Å²) in [5.41, 5.74) is 6.34. The minimum atomic E-state index is -1.12. The molecular formula is C7H11N5O2S. The Kier molecular flexibility index (Phi) is 3.20. The lowest BCUT2D eigenvalue weighted by Gasteiger charge is -2.18. The minimum Gasteiger partial charge on any atom is -0.375 e. The molecule has 3 amide bonds. The number of imide groups is 1. The predicted octanol–water partition coefficient (Wildman–Crippen LogP) is -1.21. The van der Waals surface area contributed by atoms with Crippen molar-refractivity contribution < 1.29 is 9.59 Å². The molecule has 0 aromatic heterocycles. The van der Waals surface area contributed by atoms with Crippen LogP contribution in [0.1, 0.15) is 13.3 Å². The number of hydrogen-bond acceptors (Lipinski definition) is 4. The van der Waals surface area contributed by atoms with Gasteiger partial charge in [0.15, 0.2) is 10.7 Å². The van der Waals surface area contributed by atoms with Gasteiger partial charge in [-0.3, -0.25) is 15.5 Å². The number of hydrogen-bond donors (Lipinski definition) is 4. The second-order valence-corrected chi connectivity index (χ2v) is 3.41. The Morgan fingerprint density at radius 3 is 2.80 bits per heavy atom. The first-order valence-electron chi connectivity index (χ1n) is 4.23. The molecule has 1 fully saturated rings. The zero-order valence-corrected chi connectivity index (χ0v) is 8.85. The van der Waals surface area contributed by atoms with Crippen LogP contribution >= 0.6 is 12.2 Å². The molecule has 0 aliphatic carbocycles. The largest absolute Gasteiger partial charge is 0.375 e. The zero-order chi connectivity index (χ0) is 11.5. The van der Waals surface area contributed by atoms with Crippen LogP contribution in [0.5, 0.6) is 0 Å². The van der Waals surface area contributed by atoms with Gasteiger partial charge in [-0.25, -0.2) is 4.79 Å². The van der Waals surface area contributed by atoms with Gasteiger partial charge < -0.3 is 11.1 Å². The molecule has 1 aliphatic heterocycles. The number of nitrogens with zero attached hydrogens (tertiary/aromatic N) is 1. The second kappa shape index (κ2) is 4.22. The maximum Gasteiger partial charge on any atom is 0.322 e. The van der Waals surface area contributed by atoms with Crippen molar-refractivity contribution in [1.29, 1.82) is 0 Å². The standard InChI is InChI=1S/C7H11N5O2S/c1-2-7(3-9-12-5(8)15)4(13)10-6(14)11-7/h3H,2H2,1H3,(H3,8,12,15)(H2,10,11,13,14)/b9-3+/t7-/m0/s1. The third-order valence-electron chi connectivity index (χ3n) is 1.99. The fraction of sp³-hybridized carbons (Fsp3) is 0.429. The highest BCUT2D eigenvalue weighted by Crippen LogP contribution is 2.12. The SMILES string of the molecule is CC[C@@]1(/C=N/NC(N)=S)NC(=O)NC1=O. The first kappa shape index (κ1) is 11.4. The molecule has 1 aliphatic rings. The number of urea groups is 1. The molecule has 5 N–H and O–H groups in total. The molecule has 0 saturated carbocycles. The highest BCUT2D eigenvalue weighted by atomic mass is 32.1.